The molecule has 0 radical (unpaired) electrons. The lowest BCUT2D eigenvalue weighted by atomic mass is 9.88. The molecule has 0 aromatic carbocycles. The number of rotatable bonds is 6. The van der Waals surface area contributed by atoms with Gasteiger partial charge in [0.2, 0.25) is 5.95 Å². The summed E-state index contributed by atoms with van der Waals surface area (Å²) in [5.74, 6) is 0.396. The predicted molar refractivity (Wildman–Crippen MR) is 73.5 cm³/mol. The second-order valence-electron chi connectivity index (χ2n) is 5.54. The molecule has 1 rings (SSSR count). The molecular formula is C12H23N5O2. The van der Waals surface area contributed by atoms with Gasteiger partial charge in [-0.2, -0.15) is 9.97 Å². The van der Waals surface area contributed by atoms with E-state index in [2.05, 4.69) is 41.0 Å². The van der Waals surface area contributed by atoms with Crippen LogP contribution >= 0.6 is 0 Å². The van der Waals surface area contributed by atoms with Gasteiger partial charge in [0.1, 0.15) is 0 Å². The molecule has 7 nitrogen and oxygen atoms in total. The monoisotopic (exact) mass is 269 g/mol. The number of ether oxygens (including phenoxy) is 2. The summed E-state index contributed by atoms with van der Waals surface area (Å²) in [6, 6.07) is 0.436. The Morgan fingerprint density at radius 3 is 2.05 bits per heavy atom. The maximum absolute atomic E-state index is 6.05. The molecule has 0 aliphatic rings. The summed E-state index contributed by atoms with van der Waals surface area (Å²) in [7, 11) is 2.98. The van der Waals surface area contributed by atoms with Gasteiger partial charge < -0.3 is 20.5 Å². The molecule has 1 atom stereocenters. The Labute approximate surface area is 113 Å². The Kier molecular flexibility index (Phi) is 5.29. The van der Waals surface area contributed by atoms with Crippen molar-refractivity contribution in [2.24, 2.45) is 11.1 Å². The van der Waals surface area contributed by atoms with E-state index >= 15 is 0 Å². The Balaban J connectivity index is 2.62. The van der Waals surface area contributed by atoms with Gasteiger partial charge in [-0.15, -0.1) is 4.98 Å². The van der Waals surface area contributed by atoms with Crippen LogP contribution in [0.25, 0.3) is 0 Å². The van der Waals surface area contributed by atoms with Crippen LogP contribution in [-0.4, -0.2) is 41.8 Å². The molecule has 0 saturated carbocycles. The minimum atomic E-state index is 0.0220. The fourth-order valence-corrected chi connectivity index (χ4v) is 1.68. The van der Waals surface area contributed by atoms with Gasteiger partial charge in [-0.25, -0.2) is 0 Å². The quantitative estimate of drug-likeness (QED) is 0.797. The predicted octanol–water partition coefficient (Wildman–Crippen LogP) is 1.06. The third kappa shape index (κ3) is 5.69. The van der Waals surface area contributed by atoms with Gasteiger partial charge in [-0.05, 0) is 11.8 Å². The number of aromatic nitrogens is 3. The highest BCUT2D eigenvalue weighted by molar-refractivity contribution is 5.27. The fraction of sp³-hybridized carbons (Fsp3) is 0.750. The summed E-state index contributed by atoms with van der Waals surface area (Å²) >= 11 is 0. The first kappa shape index (κ1) is 15.4. The van der Waals surface area contributed by atoms with Crippen molar-refractivity contribution in [1.82, 2.24) is 15.0 Å². The summed E-state index contributed by atoms with van der Waals surface area (Å²) < 4.78 is 9.94. The van der Waals surface area contributed by atoms with Crippen LogP contribution in [0.4, 0.5) is 5.95 Å². The number of methoxy groups -OCH3 is 2. The highest BCUT2D eigenvalue weighted by Gasteiger charge is 2.16. The summed E-state index contributed by atoms with van der Waals surface area (Å²) in [5, 5.41) is 3.07. The van der Waals surface area contributed by atoms with Crippen molar-refractivity contribution >= 4 is 5.95 Å². The van der Waals surface area contributed by atoms with Gasteiger partial charge in [0, 0.05) is 12.6 Å². The summed E-state index contributed by atoms with van der Waals surface area (Å²) in [4.78, 5) is 12.1. The molecule has 7 heteroatoms. The molecule has 0 amide bonds. The Hall–Kier alpha value is -1.63. The number of nitrogens with one attached hydrogen (secondary N) is 1. The van der Waals surface area contributed by atoms with Gasteiger partial charge in [0.25, 0.3) is 0 Å². The van der Waals surface area contributed by atoms with E-state index in [-0.39, 0.29) is 23.5 Å². The molecule has 0 bridgehead atoms. The number of nitrogens with zero attached hydrogens (tertiary/aromatic N) is 3. The van der Waals surface area contributed by atoms with Crippen LogP contribution in [0.3, 0.4) is 0 Å². The van der Waals surface area contributed by atoms with E-state index in [0.29, 0.717) is 12.5 Å². The largest absolute Gasteiger partial charge is 0.467 e. The van der Waals surface area contributed by atoms with E-state index in [0.717, 1.165) is 6.42 Å². The van der Waals surface area contributed by atoms with Crippen molar-refractivity contribution in [1.29, 1.82) is 0 Å². The van der Waals surface area contributed by atoms with E-state index in [1.54, 1.807) is 0 Å². The maximum Gasteiger partial charge on any atom is 0.324 e. The smallest absolute Gasteiger partial charge is 0.324 e. The van der Waals surface area contributed by atoms with Crippen LogP contribution in [0.5, 0.6) is 12.0 Å². The lowest BCUT2D eigenvalue weighted by molar-refractivity contribution is 0.338. The summed E-state index contributed by atoms with van der Waals surface area (Å²) in [6.07, 6.45) is 0.902. The molecule has 108 valence electrons. The average molecular weight is 269 g/mol. The molecule has 19 heavy (non-hydrogen) atoms. The van der Waals surface area contributed by atoms with Crippen molar-refractivity contribution in [3.63, 3.8) is 0 Å². The first-order valence-corrected chi connectivity index (χ1v) is 6.17. The SMILES string of the molecule is COc1nc(NCC(N)CC(C)(C)C)nc(OC)n1. The third-order valence-electron chi connectivity index (χ3n) is 2.36. The Bertz CT molecular complexity index is 383. The van der Waals surface area contributed by atoms with Crippen LogP contribution in [0.2, 0.25) is 0 Å². The van der Waals surface area contributed by atoms with E-state index in [4.69, 9.17) is 15.2 Å². The Morgan fingerprint density at radius 2 is 1.63 bits per heavy atom. The zero-order valence-electron chi connectivity index (χ0n) is 12.2. The molecule has 1 aromatic heterocycles. The van der Waals surface area contributed by atoms with Crippen LogP contribution in [0.1, 0.15) is 27.2 Å². The fourth-order valence-electron chi connectivity index (χ4n) is 1.68. The van der Waals surface area contributed by atoms with E-state index < -0.39 is 0 Å². The van der Waals surface area contributed by atoms with Crippen molar-refractivity contribution in [3.8, 4) is 12.0 Å². The van der Waals surface area contributed by atoms with Gasteiger partial charge in [0.15, 0.2) is 0 Å². The van der Waals surface area contributed by atoms with Gasteiger partial charge in [-0.3, -0.25) is 0 Å². The van der Waals surface area contributed by atoms with Crippen LogP contribution in [0.15, 0.2) is 0 Å². The van der Waals surface area contributed by atoms with Crippen molar-refractivity contribution in [2.75, 3.05) is 26.1 Å². The second kappa shape index (κ2) is 6.51. The molecule has 3 N–H and O–H groups in total. The average Bonchev–Trinajstić information content (AvgIpc) is 2.33. The minimum Gasteiger partial charge on any atom is -0.467 e. The van der Waals surface area contributed by atoms with Crippen molar-refractivity contribution in [2.45, 2.75) is 33.2 Å². The highest BCUT2D eigenvalue weighted by Crippen LogP contribution is 2.20. The standard InChI is InChI=1S/C12H23N5O2/c1-12(2,3)6-8(13)7-14-9-15-10(18-4)17-11(16-9)19-5/h8H,6-7,13H2,1-5H3,(H,14,15,16,17). The molecule has 1 heterocycles. The molecule has 1 unspecified atom stereocenters. The second-order valence-corrected chi connectivity index (χ2v) is 5.54. The maximum atomic E-state index is 6.05. The lowest BCUT2D eigenvalue weighted by Crippen LogP contribution is -2.33. The van der Waals surface area contributed by atoms with Crippen LogP contribution in [0, 0.1) is 5.41 Å². The summed E-state index contributed by atoms with van der Waals surface area (Å²) in [6.45, 7) is 7.04. The number of nitrogens with two attached hydrogens (primary N) is 1. The molecule has 0 fully saturated rings. The first-order chi connectivity index (χ1) is 8.84. The molecular weight excluding hydrogens is 246 g/mol. The lowest BCUT2D eigenvalue weighted by Gasteiger charge is -2.23. The first-order valence-electron chi connectivity index (χ1n) is 6.17. The van der Waals surface area contributed by atoms with Crippen LogP contribution in [-0.2, 0) is 0 Å². The van der Waals surface area contributed by atoms with Crippen molar-refractivity contribution in [3.05, 3.63) is 0 Å². The van der Waals surface area contributed by atoms with Gasteiger partial charge in [0.05, 0.1) is 14.2 Å². The number of anilines is 1. The highest BCUT2D eigenvalue weighted by atomic mass is 16.5. The molecule has 0 aliphatic carbocycles. The van der Waals surface area contributed by atoms with Gasteiger partial charge >= 0.3 is 12.0 Å². The van der Waals surface area contributed by atoms with E-state index in [9.17, 15) is 0 Å². The van der Waals surface area contributed by atoms with E-state index in [1.807, 2.05) is 0 Å². The number of hydrogen-bond acceptors (Lipinski definition) is 7. The normalized spacial score (nSPS) is 12.9. The molecule has 0 aliphatic heterocycles. The third-order valence-corrected chi connectivity index (χ3v) is 2.36. The summed E-state index contributed by atoms with van der Waals surface area (Å²) in [5.41, 5.74) is 6.24. The Morgan fingerprint density at radius 1 is 1.11 bits per heavy atom. The zero-order chi connectivity index (χ0) is 14.5. The molecule has 0 spiro atoms. The number of hydrogen-bond donors (Lipinski definition) is 2. The van der Waals surface area contributed by atoms with Crippen LogP contribution < -0.4 is 20.5 Å². The topological polar surface area (TPSA) is 95.2 Å². The zero-order valence-corrected chi connectivity index (χ0v) is 12.2. The van der Waals surface area contributed by atoms with Crippen molar-refractivity contribution < 1.29 is 9.47 Å². The minimum absolute atomic E-state index is 0.0220. The van der Waals surface area contributed by atoms with E-state index in [1.165, 1.54) is 14.2 Å². The molecule has 0 saturated heterocycles. The van der Waals surface area contributed by atoms with Gasteiger partial charge in [-0.1, -0.05) is 20.8 Å². The molecule has 1 aromatic rings.